The van der Waals surface area contributed by atoms with Crippen LogP contribution in [0.2, 0.25) is 0 Å². The van der Waals surface area contributed by atoms with Gasteiger partial charge in [0, 0.05) is 10.0 Å². The first-order valence-corrected chi connectivity index (χ1v) is 5.76. The number of benzene rings is 1. The number of hydrogen-bond acceptors (Lipinski definition) is 2. The number of nitrogens with two attached hydrogens (primary N) is 1. The number of aromatic nitrogens is 1. The van der Waals surface area contributed by atoms with Gasteiger partial charge >= 0.3 is 6.18 Å². The molecule has 0 atom stereocenters. The Morgan fingerprint density at radius 1 is 1.06 bits per heavy atom. The van der Waals surface area contributed by atoms with Crippen LogP contribution in [0.15, 0.2) is 40.9 Å². The molecule has 0 amide bonds. The van der Waals surface area contributed by atoms with Crippen molar-refractivity contribution in [3.8, 4) is 11.3 Å². The van der Waals surface area contributed by atoms with Crippen LogP contribution in [0.25, 0.3) is 11.3 Å². The smallest absolute Gasteiger partial charge is 0.384 e. The molecule has 0 saturated carbocycles. The van der Waals surface area contributed by atoms with E-state index in [0.717, 1.165) is 16.6 Å². The van der Waals surface area contributed by atoms with Crippen molar-refractivity contribution in [3.05, 3.63) is 46.4 Å². The Balaban J connectivity index is 2.52. The van der Waals surface area contributed by atoms with Crippen LogP contribution in [-0.2, 0) is 6.18 Å². The van der Waals surface area contributed by atoms with Crippen LogP contribution in [0.1, 0.15) is 5.56 Å². The first-order chi connectivity index (χ1) is 8.36. The number of rotatable bonds is 1. The average molecular weight is 317 g/mol. The van der Waals surface area contributed by atoms with Crippen molar-refractivity contribution in [2.45, 2.75) is 6.18 Å². The normalized spacial score (nSPS) is 11.6. The maximum Gasteiger partial charge on any atom is 0.416 e. The molecule has 2 aromatic rings. The Morgan fingerprint density at radius 3 is 2.22 bits per heavy atom. The lowest BCUT2D eigenvalue weighted by Crippen LogP contribution is -2.07. The van der Waals surface area contributed by atoms with Crippen molar-refractivity contribution >= 4 is 21.7 Å². The summed E-state index contributed by atoms with van der Waals surface area (Å²) in [7, 11) is 0. The zero-order chi connectivity index (χ0) is 13.3. The Kier molecular flexibility index (Phi) is 3.30. The highest BCUT2D eigenvalue weighted by atomic mass is 79.9. The molecule has 0 aliphatic carbocycles. The molecule has 0 radical (unpaired) electrons. The number of alkyl halides is 3. The molecule has 1 heterocycles. The minimum atomic E-state index is -4.43. The van der Waals surface area contributed by atoms with Gasteiger partial charge in [-0.1, -0.05) is 28.1 Å². The molecular formula is C12H8BrF3N2. The Bertz CT molecular complexity index is 565. The second-order valence-corrected chi connectivity index (χ2v) is 4.59. The minimum Gasteiger partial charge on any atom is -0.384 e. The van der Waals surface area contributed by atoms with Gasteiger partial charge in [0.25, 0.3) is 0 Å². The molecule has 1 aromatic carbocycles. The molecule has 0 unspecified atom stereocenters. The zero-order valence-corrected chi connectivity index (χ0v) is 10.6. The average Bonchev–Trinajstić information content (AvgIpc) is 2.28. The van der Waals surface area contributed by atoms with Crippen LogP contribution in [-0.4, -0.2) is 4.98 Å². The largest absolute Gasteiger partial charge is 0.416 e. The van der Waals surface area contributed by atoms with Crippen molar-refractivity contribution in [2.75, 3.05) is 5.73 Å². The maximum absolute atomic E-state index is 12.6. The molecule has 0 aliphatic heterocycles. The number of hydrogen-bond donors (Lipinski definition) is 1. The molecule has 6 heteroatoms. The predicted octanol–water partition coefficient (Wildman–Crippen LogP) is 4.11. The number of halogens is 4. The summed E-state index contributed by atoms with van der Waals surface area (Å²) in [6.07, 6.45) is -4.43. The van der Waals surface area contributed by atoms with Crippen LogP contribution in [0.5, 0.6) is 0 Å². The maximum atomic E-state index is 12.6. The zero-order valence-electron chi connectivity index (χ0n) is 9.00. The number of nitrogen functional groups attached to an aromatic ring is 1. The molecule has 0 fully saturated rings. The third-order valence-corrected chi connectivity index (χ3v) is 2.84. The van der Waals surface area contributed by atoms with Gasteiger partial charge in [0.05, 0.1) is 11.3 Å². The van der Waals surface area contributed by atoms with Gasteiger partial charge in [-0.3, -0.25) is 0 Å². The lowest BCUT2D eigenvalue weighted by Gasteiger charge is -2.09. The molecule has 18 heavy (non-hydrogen) atoms. The Morgan fingerprint density at radius 2 is 1.67 bits per heavy atom. The number of anilines is 1. The van der Waals surface area contributed by atoms with Gasteiger partial charge in [-0.05, 0) is 24.3 Å². The lowest BCUT2D eigenvalue weighted by molar-refractivity contribution is -0.137. The van der Waals surface area contributed by atoms with E-state index in [4.69, 9.17) is 5.73 Å². The molecule has 2 rings (SSSR count). The summed E-state index contributed by atoms with van der Waals surface area (Å²) in [4.78, 5) is 3.91. The standard InChI is InChI=1S/C12H8BrF3N2/c13-9-3-1-7(2-4-9)10-5-8(12(14,15)16)6-11(17)18-10/h1-6H,(H2,17,18). The summed E-state index contributed by atoms with van der Waals surface area (Å²) in [5, 5.41) is 0. The molecule has 0 spiro atoms. The minimum absolute atomic E-state index is 0.150. The number of pyridine rings is 1. The third-order valence-electron chi connectivity index (χ3n) is 2.31. The molecule has 2 nitrogen and oxygen atoms in total. The summed E-state index contributed by atoms with van der Waals surface area (Å²) in [5.74, 6) is -0.150. The van der Waals surface area contributed by atoms with Crippen LogP contribution in [0.3, 0.4) is 0 Å². The SMILES string of the molecule is Nc1cc(C(F)(F)F)cc(-c2ccc(Br)cc2)n1. The second-order valence-electron chi connectivity index (χ2n) is 3.67. The van der Waals surface area contributed by atoms with Gasteiger partial charge in [-0.2, -0.15) is 13.2 Å². The first kappa shape index (κ1) is 12.9. The molecule has 0 bridgehead atoms. The van der Waals surface area contributed by atoms with Crippen LogP contribution in [0.4, 0.5) is 19.0 Å². The van der Waals surface area contributed by atoms with E-state index >= 15 is 0 Å². The molecule has 0 saturated heterocycles. The topological polar surface area (TPSA) is 38.9 Å². The van der Waals surface area contributed by atoms with Crippen molar-refractivity contribution in [1.29, 1.82) is 0 Å². The van der Waals surface area contributed by atoms with Crippen LogP contribution < -0.4 is 5.73 Å². The summed E-state index contributed by atoms with van der Waals surface area (Å²) >= 11 is 3.25. The fraction of sp³-hybridized carbons (Fsp3) is 0.0833. The number of nitrogens with zero attached hydrogens (tertiary/aromatic N) is 1. The summed E-state index contributed by atoms with van der Waals surface area (Å²) in [6.45, 7) is 0. The van der Waals surface area contributed by atoms with Crippen molar-refractivity contribution in [3.63, 3.8) is 0 Å². The predicted molar refractivity (Wildman–Crippen MR) is 66.8 cm³/mol. The molecule has 2 N–H and O–H groups in total. The van der Waals surface area contributed by atoms with E-state index in [9.17, 15) is 13.2 Å². The van der Waals surface area contributed by atoms with Gasteiger partial charge in [-0.15, -0.1) is 0 Å². The van der Waals surface area contributed by atoms with Gasteiger partial charge < -0.3 is 5.73 Å². The second kappa shape index (κ2) is 4.61. The Hall–Kier alpha value is -1.56. The first-order valence-electron chi connectivity index (χ1n) is 4.97. The van der Waals surface area contributed by atoms with Gasteiger partial charge in [0.1, 0.15) is 5.82 Å². The highest BCUT2D eigenvalue weighted by molar-refractivity contribution is 9.10. The highest BCUT2D eigenvalue weighted by Gasteiger charge is 2.31. The van der Waals surface area contributed by atoms with E-state index in [0.29, 0.717) is 5.56 Å². The summed E-state index contributed by atoms with van der Waals surface area (Å²) < 4.78 is 38.7. The van der Waals surface area contributed by atoms with E-state index in [1.807, 2.05) is 0 Å². The van der Waals surface area contributed by atoms with E-state index in [1.165, 1.54) is 0 Å². The molecule has 0 aliphatic rings. The van der Waals surface area contributed by atoms with Gasteiger partial charge in [0.2, 0.25) is 0 Å². The highest BCUT2D eigenvalue weighted by Crippen LogP contribution is 2.32. The van der Waals surface area contributed by atoms with Gasteiger partial charge in [0.15, 0.2) is 0 Å². The van der Waals surface area contributed by atoms with Crippen molar-refractivity contribution in [2.24, 2.45) is 0 Å². The molecular weight excluding hydrogens is 309 g/mol. The van der Waals surface area contributed by atoms with Crippen molar-refractivity contribution < 1.29 is 13.2 Å². The summed E-state index contributed by atoms with van der Waals surface area (Å²) in [5.41, 5.74) is 5.39. The van der Waals surface area contributed by atoms with E-state index in [-0.39, 0.29) is 11.5 Å². The monoisotopic (exact) mass is 316 g/mol. The quantitative estimate of drug-likeness (QED) is 0.859. The lowest BCUT2D eigenvalue weighted by atomic mass is 10.1. The van der Waals surface area contributed by atoms with E-state index in [2.05, 4.69) is 20.9 Å². The van der Waals surface area contributed by atoms with Crippen molar-refractivity contribution in [1.82, 2.24) is 4.98 Å². The fourth-order valence-corrected chi connectivity index (χ4v) is 1.75. The fourth-order valence-electron chi connectivity index (χ4n) is 1.48. The molecule has 1 aromatic heterocycles. The van der Waals surface area contributed by atoms with Crippen LogP contribution >= 0.6 is 15.9 Å². The van der Waals surface area contributed by atoms with E-state index < -0.39 is 11.7 Å². The summed E-state index contributed by atoms with van der Waals surface area (Å²) in [6, 6.07) is 8.61. The van der Waals surface area contributed by atoms with Crippen LogP contribution in [0, 0.1) is 0 Å². The van der Waals surface area contributed by atoms with Gasteiger partial charge in [-0.25, -0.2) is 4.98 Å². The molecule has 94 valence electrons. The van der Waals surface area contributed by atoms with E-state index in [1.54, 1.807) is 24.3 Å². The Labute approximate surface area is 110 Å². The third kappa shape index (κ3) is 2.81.